The summed E-state index contributed by atoms with van der Waals surface area (Å²) >= 11 is 3.67. The fraction of sp³-hybridized carbons (Fsp3) is 0.419. The first-order valence-electron chi connectivity index (χ1n) is 13.3. The monoisotopic (exact) mass is 613 g/mol. The van der Waals surface area contributed by atoms with Crippen LogP contribution in [0.5, 0.6) is 23.0 Å². The molecule has 0 saturated heterocycles. The van der Waals surface area contributed by atoms with Crippen molar-refractivity contribution in [3.05, 3.63) is 68.5 Å². The maximum absolute atomic E-state index is 14.0. The predicted octanol–water partition coefficient (Wildman–Crippen LogP) is 6.19. The number of rotatable bonds is 9. The summed E-state index contributed by atoms with van der Waals surface area (Å²) in [5, 5.41) is 3.40. The molecule has 1 heterocycles. The Morgan fingerprint density at radius 1 is 0.975 bits per heavy atom. The summed E-state index contributed by atoms with van der Waals surface area (Å²) in [5.74, 6) is 1.06. The third-order valence-corrected chi connectivity index (χ3v) is 8.31. The van der Waals surface area contributed by atoms with Gasteiger partial charge in [-0.25, -0.2) is 4.79 Å². The van der Waals surface area contributed by atoms with Crippen LogP contribution in [0.3, 0.4) is 0 Å². The molecule has 0 fully saturated rings. The van der Waals surface area contributed by atoms with Crippen molar-refractivity contribution in [2.45, 2.75) is 58.0 Å². The van der Waals surface area contributed by atoms with E-state index in [2.05, 4.69) is 21.2 Å². The second-order valence-electron chi connectivity index (χ2n) is 9.98. The predicted molar refractivity (Wildman–Crippen MR) is 155 cm³/mol. The largest absolute Gasteiger partial charge is 0.493 e. The van der Waals surface area contributed by atoms with Crippen LogP contribution in [0.2, 0.25) is 0 Å². The van der Waals surface area contributed by atoms with Gasteiger partial charge in [0.2, 0.25) is 0 Å². The zero-order chi connectivity index (χ0) is 29.1. The van der Waals surface area contributed by atoms with Crippen molar-refractivity contribution in [3.63, 3.8) is 0 Å². The number of esters is 1. The van der Waals surface area contributed by atoms with Crippen LogP contribution in [0.15, 0.2) is 57.3 Å². The SMILES string of the molecule is CC[C@H](C)OC(=O)C1=C(C)NC2=C(C(=O)C[C@H](c3ccc(OC)c(OC)c3)C2)[C@H]1c1cc(OC)c(OC)cc1Br. The zero-order valence-corrected chi connectivity index (χ0v) is 25.6. The Morgan fingerprint density at radius 2 is 1.60 bits per heavy atom. The Labute approximate surface area is 243 Å². The lowest BCUT2D eigenvalue weighted by atomic mass is 9.71. The van der Waals surface area contributed by atoms with E-state index in [1.54, 1.807) is 34.5 Å². The number of dihydropyridines is 1. The smallest absolute Gasteiger partial charge is 0.337 e. The Kier molecular flexibility index (Phi) is 9.13. The lowest BCUT2D eigenvalue weighted by Gasteiger charge is -2.37. The van der Waals surface area contributed by atoms with Crippen molar-refractivity contribution in [1.29, 1.82) is 0 Å². The van der Waals surface area contributed by atoms with Gasteiger partial charge in [0, 0.05) is 33.8 Å². The van der Waals surface area contributed by atoms with Gasteiger partial charge < -0.3 is 29.0 Å². The summed E-state index contributed by atoms with van der Waals surface area (Å²) in [4.78, 5) is 27.6. The quantitative estimate of drug-likeness (QED) is 0.335. The number of ether oxygens (including phenoxy) is 5. The molecule has 0 aromatic heterocycles. The summed E-state index contributed by atoms with van der Waals surface area (Å²) in [7, 11) is 6.31. The van der Waals surface area contributed by atoms with Crippen LogP contribution < -0.4 is 24.3 Å². The van der Waals surface area contributed by atoms with Crippen LogP contribution in [0.4, 0.5) is 0 Å². The molecule has 1 N–H and O–H groups in total. The molecule has 0 bridgehead atoms. The topological polar surface area (TPSA) is 92.3 Å². The number of carbonyl (C=O) groups is 2. The second kappa shape index (κ2) is 12.4. The summed E-state index contributed by atoms with van der Waals surface area (Å²) < 4.78 is 28.4. The fourth-order valence-corrected chi connectivity index (χ4v) is 5.94. The van der Waals surface area contributed by atoms with Crippen molar-refractivity contribution in [2.75, 3.05) is 28.4 Å². The van der Waals surface area contributed by atoms with Gasteiger partial charge in [-0.05, 0) is 68.0 Å². The van der Waals surface area contributed by atoms with Crippen molar-refractivity contribution in [1.82, 2.24) is 5.32 Å². The molecule has 1 aliphatic carbocycles. The van der Waals surface area contributed by atoms with Gasteiger partial charge in [0.15, 0.2) is 28.8 Å². The van der Waals surface area contributed by atoms with E-state index in [4.69, 9.17) is 23.7 Å². The van der Waals surface area contributed by atoms with Crippen molar-refractivity contribution < 1.29 is 33.3 Å². The molecule has 8 nitrogen and oxygen atoms in total. The number of carbonyl (C=O) groups excluding carboxylic acids is 2. The molecule has 2 aliphatic rings. The van der Waals surface area contributed by atoms with Crippen molar-refractivity contribution >= 4 is 27.7 Å². The van der Waals surface area contributed by atoms with Gasteiger partial charge in [-0.15, -0.1) is 0 Å². The highest BCUT2D eigenvalue weighted by atomic mass is 79.9. The normalized spacial score (nSPS) is 19.4. The molecule has 214 valence electrons. The molecule has 0 radical (unpaired) electrons. The molecular formula is C31H36BrNO7. The molecule has 3 atom stereocenters. The number of Topliss-reactive ketones (excluding diaryl/α,β-unsaturated/α-hetero) is 1. The molecule has 0 unspecified atom stereocenters. The second-order valence-corrected chi connectivity index (χ2v) is 10.8. The van der Waals surface area contributed by atoms with Crippen LogP contribution in [0.25, 0.3) is 0 Å². The van der Waals surface area contributed by atoms with Crippen LogP contribution in [-0.2, 0) is 14.3 Å². The summed E-state index contributed by atoms with van der Waals surface area (Å²) in [6.07, 6.45) is 1.28. The number of hydrogen-bond acceptors (Lipinski definition) is 8. The number of nitrogens with one attached hydrogen (secondary N) is 1. The van der Waals surface area contributed by atoms with Crippen molar-refractivity contribution in [2.24, 2.45) is 0 Å². The first kappa shape index (κ1) is 29.5. The zero-order valence-electron chi connectivity index (χ0n) is 24.0. The summed E-state index contributed by atoms with van der Waals surface area (Å²) in [6.45, 7) is 5.67. The van der Waals surface area contributed by atoms with Gasteiger partial charge in [-0.1, -0.05) is 28.9 Å². The molecule has 1 aliphatic heterocycles. The Hall–Kier alpha value is -3.46. The van der Waals surface area contributed by atoms with Crippen LogP contribution in [0, 0.1) is 0 Å². The van der Waals surface area contributed by atoms with E-state index in [1.165, 1.54) is 0 Å². The number of benzene rings is 2. The molecular weight excluding hydrogens is 578 g/mol. The third kappa shape index (κ3) is 5.57. The average molecular weight is 615 g/mol. The number of halogens is 1. The first-order chi connectivity index (χ1) is 19.2. The van der Waals surface area contributed by atoms with E-state index in [0.717, 1.165) is 16.8 Å². The van der Waals surface area contributed by atoms with Crippen LogP contribution in [0.1, 0.15) is 63.0 Å². The summed E-state index contributed by atoms with van der Waals surface area (Å²) in [6, 6.07) is 9.36. The minimum absolute atomic E-state index is 0.0402. The maximum atomic E-state index is 14.0. The number of ketones is 1. The average Bonchev–Trinajstić information content (AvgIpc) is 2.95. The number of allylic oxidation sites excluding steroid dienone is 3. The lowest BCUT2D eigenvalue weighted by molar-refractivity contribution is -0.144. The Bertz CT molecular complexity index is 1380. The van der Waals surface area contributed by atoms with E-state index in [9.17, 15) is 9.59 Å². The minimum Gasteiger partial charge on any atom is -0.493 e. The minimum atomic E-state index is -0.652. The standard InChI is InChI=1S/C31H36BrNO7/c1-8-16(2)40-31(35)28-17(3)33-22-11-19(18-9-10-24(36-4)25(13-18)37-5)12-23(34)30(22)29(28)20-14-26(38-6)27(39-7)15-21(20)32/h9-10,13-16,19,29,33H,8,11-12H2,1-7H3/t16-,19+,29-/m0/s1. The van der Waals surface area contributed by atoms with E-state index in [0.29, 0.717) is 57.2 Å². The number of methoxy groups -OCH3 is 4. The fourth-order valence-electron chi connectivity index (χ4n) is 5.38. The maximum Gasteiger partial charge on any atom is 0.337 e. The van der Waals surface area contributed by atoms with E-state index < -0.39 is 11.9 Å². The van der Waals surface area contributed by atoms with Crippen LogP contribution in [-0.4, -0.2) is 46.3 Å². The van der Waals surface area contributed by atoms with Gasteiger partial charge in [0.1, 0.15) is 0 Å². The van der Waals surface area contributed by atoms with E-state index >= 15 is 0 Å². The highest BCUT2D eigenvalue weighted by Gasteiger charge is 2.42. The molecule has 4 rings (SSSR count). The van der Waals surface area contributed by atoms with Gasteiger partial charge in [0.25, 0.3) is 0 Å². The molecule has 0 amide bonds. The molecule has 9 heteroatoms. The highest BCUT2D eigenvalue weighted by Crippen LogP contribution is 2.49. The molecule has 2 aromatic rings. The molecule has 0 spiro atoms. The summed E-state index contributed by atoms with van der Waals surface area (Å²) in [5.41, 5.74) is 4.11. The van der Waals surface area contributed by atoms with Gasteiger partial charge in [0.05, 0.1) is 40.1 Å². The number of hydrogen-bond donors (Lipinski definition) is 1. The highest BCUT2D eigenvalue weighted by molar-refractivity contribution is 9.10. The van der Waals surface area contributed by atoms with Gasteiger partial charge in [-0.2, -0.15) is 0 Å². The molecule has 40 heavy (non-hydrogen) atoms. The van der Waals surface area contributed by atoms with E-state index in [1.807, 2.05) is 45.0 Å². The van der Waals surface area contributed by atoms with Crippen LogP contribution >= 0.6 is 15.9 Å². The first-order valence-corrected chi connectivity index (χ1v) is 14.0. The third-order valence-electron chi connectivity index (χ3n) is 7.62. The van der Waals surface area contributed by atoms with Crippen molar-refractivity contribution in [3.8, 4) is 23.0 Å². The lowest BCUT2D eigenvalue weighted by Crippen LogP contribution is -2.36. The Morgan fingerprint density at radius 3 is 2.23 bits per heavy atom. The van der Waals surface area contributed by atoms with Gasteiger partial charge in [-0.3, -0.25) is 4.79 Å². The Balaban J connectivity index is 1.84. The van der Waals surface area contributed by atoms with E-state index in [-0.39, 0.29) is 24.2 Å². The molecule has 0 saturated carbocycles. The molecule has 2 aromatic carbocycles. The van der Waals surface area contributed by atoms with Gasteiger partial charge >= 0.3 is 5.97 Å².